The first-order valence-electron chi connectivity index (χ1n) is 8.72. The van der Waals surface area contributed by atoms with Crippen molar-refractivity contribution in [3.63, 3.8) is 0 Å². The quantitative estimate of drug-likeness (QED) is 0.409. The van der Waals surface area contributed by atoms with Crippen LogP contribution in [-0.4, -0.2) is 45.1 Å². The molecule has 0 aliphatic carbocycles. The molecule has 0 aliphatic heterocycles. The minimum atomic E-state index is -3.75. The molecular formula is C17H23N5O5S2. The zero-order valence-electron chi connectivity index (χ0n) is 15.8. The highest BCUT2D eigenvalue weighted by Crippen LogP contribution is 2.24. The smallest absolute Gasteiger partial charge is 0.407 e. The molecule has 0 saturated carbocycles. The summed E-state index contributed by atoms with van der Waals surface area (Å²) in [6.45, 7) is 0.137. The SMILES string of the molecule is COC(=O)N[C@@H](CCCCNS(N)(=O)=O)C(=O)Nc1nc(-c2ccccc2)cs1. The first kappa shape index (κ1) is 22.7. The fourth-order valence-corrected chi connectivity index (χ4v) is 3.57. The van der Waals surface area contributed by atoms with Crippen molar-refractivity contribution in [3.05, 3.63) is 35.7 Å². The van der Waals surface area contributed by atoms with E-state index in [1.54, 1.807) is 0 Å². The Labute approximate surface area is 173 Å². The second-order valence-corrected chi connectivity index (χ2v) is 8.25. The van der Waals surface area contributed by atoms with E-state index in [4.69, 9.17) is 5.14 Å². The number of hydrogen-bond acceptors (Lipinski definition) is 7. The maximum atomic E-state index is 12.6. The topological polar surface area (TPSA) is 153 Å². The van der Waals surface area contributed by atoms with Crippen molar-refractivity contribution in [1.29, 1.82) is 0 Å². The molecule has 2 amide bonds. The second-order valence-electron chi connectivity index (χ2n) is 6.02. The van der Waals surface area contributed by atoms with E-state index in [0.29, 0.717) is 18.0 Å². The van der Waals surface area contributed by atoms with Crippen LogP contribution in [0, 0.1) is 0 Å². The minimum Gasteiger partial charge on any atom is -0.453 e. The molecule has 29 heavy (non-hydrogen) atoms. The van der Waals surface area contributed by atoms with Crippen LogP contribution >= 0.6 is 11.3 Å². The molecule has 0 fully saturated rings. The van der Waals surface area contributed by atoms with Crippen LogP contribution in [0.4, 0.5) is 9.93 Å². The van der Waals surface area contributed by atoms with E-state index in [9.17, 15) is 18.0 Å². The van der Waals surface area contributed by atoms with Gasteiger partial charge in [0.05, 0.1) is 12.8 Å². The maximum absolute atomic E-state index is 12.6. The van der Waals surface area contributed by atoms with Crippen LogP contribution in [0.15, 0.2) is 35.7 Å². The highest BCUT2D eigenvalue weighted by Gasteiger charge is 2.22. The number of unbranched alkanes of at least 4 members (excludes halogenated alkanes) is 1. The molecule has 0 bridgehead atoms. The number of rotatable bonds is 10. The monoisotopic (exact) mass is 441 g/mol. The lowest BCUT2D eigenvalue weighted by atomic mass is 10.1. The van der Waals surface area contributed by atoms with Crippen LogP contribution in [0.25, 0.3) is 11.3 Å². The van der Waals surface area contributed by atoms with Crippen LogP contribution in [-0.2, 0) is 19.7 Å². The standard InChI is InChI=1S/C17H23N5O5S2/c1-27-17(24)21-13(9-5-6-10-19-29(18,25)26)15(23)22-16-20-14(11-28-16)12-7-3-2-4-8-12/h2-4,7-8,11,13,19H,5-6,9-10H2,1H3,(H,21,24)(H2,18,25,26)(H,20,22,23)/t13-/m0/s1. The summed E-state index contributed by atoms with van der Waals surface area (Å²) < 4.78 is 28.4. The molecule has 2 rings (SSSR count). The lowest BCUT2D eigenvalue weighted by Gasteiger charge is -2.16. The van der Waals surface area contributed by atoms with Crippen molar-refractivity contribution in [2.45, 2.75) is 25.3 Å². The van der Waals surface area contributed by atoms with Gasteiger partial charge in [0, 0.05) is 17.5 Å². The van der Waals surface area contributed by atoms with Crippen molar-refractivity contribution >= 4 is 38.7 Å². The second kappa shape index (κ2) is 10.9. The molecule has 0 radical (unpaired) electrons. The Morgan fingerprint density at radius 1 is 1.24 bits per heavy atom. The third-order valence-corrected chi connectivity index (χ3v) is 5.18. The molecule has 158 valence electrons. The van der Waals surface area contributed by atoms with Gasteiger partial charge in [-0.3, -0.25) is 4.79 Å². The number of thiazole rings is 1. The third-order valence-electron chi connectivity index (χ3n) is 3.82. The zero-order valence-corrected chi connectivity index (χ0v) is 17.4. The molecule has 0 saturated heterocycles. The van der Waals surface area contributed by atoms with Gasteiger partial charge in [0.1, 0.15) is 6.04 Å². The van der Waals surface area contributed by atoms with Crippen molar-refractivity contribution < 1.29 is 22.7 Å². The van der Waals surface area contributed by atoms with Gasteiger partial charge in [-0.15, -0.1) is 11.3 Å². The number of methoxy groups -OCH3 is 1. The van der Waals surface area contributed by atoms with E-state index in [1.807, 2.05) is 35.7 Å². The van der Waals surface area contributed by atoms with Gasteiger partial charge >= 0.3 is 6.09 Å². The molecule has 12 heteroatoms. The number of hydrogen-bond donors (Lipinski definition) is 4. The number of alkyl carbamates (subject to hydrolysis) is 1. The molecule has 2 aromatic rings. The van der Waals surface area contributed by atoms with Gasteiger partial charge in [-0.05, 0) is 19.3 Å². The first-order valence-corrected chi connectivity index (χ1v) is 11.1. The van der Waals surface area contributed by atoms with E-state index in [2.05, 4.69) is 25.1 Å². The van der Waals surface area contributed by atoms with E-state index < -0.39 is 28.3 Å². The number of anilines is 1. The molecule has 1 aromatic heterocycles. The predicted molar refractivity (Wildman–Crippen MR) is 110 cm³/mol. The van der Waals surface area contributed by atoms with Gasteiger partial charge in [0.2, 0.25) is 5.91 Å². The van der Waals surface area contributed by atoms with Crippen molar-refractivity contribution in [2.75, 3.05) is 19.0 Å². The lowest BCUT2D eigenvalue weighted by Crippen LogP contribution is -2.43. The molecule has 1 atom stereocenters. The first-order chi connectivity index (χ1) is 13.8. The van der Waals surface area contributed by atoms with Gasteiger partial charge in [-0.1, -0.05) is 30.3 Å². The number of nitrogens with one attached hydrogen (secondary N) is 3. The van der Waals surface area contributed by atoms with Gasteiger partial charge in [-0.2, -0.15) is 8.42 Å². The normalized spacial score (nSPS) is 12.2. The van der Waals surface area contributed by atoms with Crippen LogP contribution in [0.5, 0.6) is 0 Å². The van der Waals surface area contributed by atoms with E-state index >= 15 is 0 Å². The Hall–Kier alpha value is -2.54. The summed E-state index contributed by atoms with van der Waals surface area (Å²) >= 11 is 1.27. The Bertz CT molecular complexity index is 917. The molecule has 0 spiro atoms. The highest BCUT2D eigenvalue weighted by molar-refractivity contribution is 7.87. The molecule has 10 nitrogen and oxygen atoms in total. The molecule has 0 unspecified atom stereocenters. The number of aromatic nitrogens is 1. The van der Waals surface area contributed by atoms with Crippen molar-refractivity contribution in [3.8, 4) is 11.3 Å². The lowest BCUT2D eigenvalue weighted by molar-refractivity contribution is -0.118. The van der Waals surface area contributed by atoms with Crippen LogP contribution < -0.4 is 20.5 Å². The third kappa shape index (κ3) is 8.15. The van der Waals surface area contributed by atoms with E-state index in [-0.39, 0.29) is 13.0 Å². The Kier molecular flexibility index (Phi) is 8.51. The van der Waals surface area contributed by atoms with Crippen molar-refractivity contribution in [2.24, 2.45) is 5.14 Å². The van der Waals surface area contributed by atoms with Crippen LogP contribution in [0.1, 0.15) is 19.3 Å². The average Bonchev–Trinajstić information content (AvgIpc) is 3.14. The van der Waals surface area contributed by atoms with Gasteiger partial charge in [0.25, 0.3) is 10.2 Å². The van der Waals surface area contributed by atoms with Gasteiger partial charge in [-0.25, -0.2) is 19.6 Å². The fourth-order valence-electron chi connectivity index (χ4n) is 2.42. The minimum absolute atomic E-state index is 0.137. The number of nitrogens with zero attached hydrogens (tertiary/aromatic N) is 1. The number of carbonyl (C=O) groups is 2. The predicted octanol–water partition coefficient (Wildman–Crippen LogP) is 1.44. The van der Waals surface area contributed by atoms with Crippen molar-refractivity contribution in [1.82, 2.24) is 15.0 Å². The maximum Gasteiger partial charge on any atom is 0.407 e. The summed E-state index contributed by atoms with van der Waals surface area (Å²) in [6, 6.07) is 8.67. The summed E-state index contributed by atoms with van der Waals surface area (Å²) in [7, 11) is -2.55. The fraction of sp³-hybridized carbons (Fsp3) is 0.353. The van der Waals surface area contributed by atoms with Crippen LogP contribution in [0.3, 0.4) is 0 Å². The summed E-state index contributed by atoms with van der Waals surface area (Å²) in [5, 5.41) is 12.3. The van der Waals surface area contributed by atoms with Gasteiger partial charge < -0.3 is 15.4 Å². The number of amides is 2. The van der Waals surface area contributed by atoms with E-state index in [1.165, 1.54) is 18.4 Å². The molecule has 1 aromatic carbocycles. The molecular weight excluding hydrogens is 418 g/mol. The number of ether oxygens (including phenoxy) is 1. The average molecular weight is 442 g/mol. The molecule has 0 aliphatic rings. The number of carbonyl (C=O) groups excluding carboxylic acids is 2. The Balaban J connectivity index is 1.94. The van der Waals surface area contributed by atoms with E-state index in [0.717, 1.165) is 11.3 Å². The summed E-state index contributed by atoms with van der Waals surface area (Å²) in [5.74, 6) is -0.441. The van der Waals surface area contributed by atoms with Gasteiger partial charge in [0.15, 0.2) is 5.13 Å². The highest BCUT2D eigenvalue weighted by atomic mass is 32.2. The summed E-state index contributed by atoms with van der Waals surface area (Å²) in [4.78, 5) is 28.5. The molecule has 1 heterocycles. The Morgan fingerprint density at radius 2 is 1.97 bits per heavy atom. The zero-order chi connectivity index (χ0) is 21.3. The molecule has 5 N–H and O–H groups in total. The number of benzene rings is 1. The number of nitrogens with two attached hydrogens (primary N) is 1. The largest absolute Gasteiger partial charge is 0.453 e. The Morgan fingerprint density at radius 3 is 2.62 bits per heavy atom. The summed E-state index contributed by atoms with van der Waals surface area (Å²) in [6.07, 6.45) is 0.456. The summed E-state index contributed by atoms with van der Waals surface area (Å²) in [5.41, 5.74) is 1.66. The van der Waals surface area contributed by atoms with Crippen LogP contribution in [0.2, 0.25) is 0 Å².